The van der Waals surface area contributed by atoms with E-state index >= 15 is 0 Å². The number of nitrogens with zero attached hydrogens (tertiary/aromatic N) is 2. The molecule has 6 nitrogen and oxygen atoms in total. The lowest BCUT2D eigenvalue weighted by Gasteiger charge is -2.35. The lowest BCUT2D eigenvalue weighted by atomic mass is 10.0. The van der Waals surface area contributed by atoms with Gasteiger partial charge in [-0.3, -0.25) is 9.89 Å². The number of halogens is 2. The van der Waals surface area contributed by atoms with Gasteiger partial charge in [-0.2, -0.15) is 0 Å². The Kier molecular flexibility index (Phi) is 12.6. The molecule has 0 amide bonds. The molecule has 0 aliphatic carbocycles. The van der Waals surface area contributed by atoms with E-state index in [-0.39, 0.29) is 41.9 Å². The van der Waals surface area contributed by atoms with E-state index in [2.05, 4.69) is 20.5 Å². The molecule has 1 atom stereocenters. The van der Waals surface area contributed by atoms with E-state index in [1.165, 1.54) is 12.1 Å². The molecule has 0 bridgehead atoms. The number of aliphatic imine (C=N–C) groups is 1. The van der Waals surface area contributed by atoms with Crippen molar-refractivity contribution in [3.05, 3.63) is 35.6 Å². The molecule has 1 aliphatic rings. The number of hydrogen-bond acceptors (Lipinski definition) is 4. The van der Waals surface area contributed by atoms with Gasteiger partial charge in [0, 0.05) is 39.8 Å². The summed E-state index contributed by atoms with van der Waals surface area (Å²) in [5.41, 5.74) is 1.09. The second kappa shape index (κ2) is 14.1. The van der Waals surface area contributed by atoms with Crippen LogP contribution in [-0.4, -0.2) is 70.0 Å². The van der Waals surface area contributed by atoms with E-state index in [1.807, 2.05) is 26.0 Å². The van der Waals surface area contributed by atoms with Crippen LogP contribution in [0.15, 0.2) is 29.3 Å². The maximum Gasteiger partial charge on any atom is 0.191 e. The van der Waals surface area contributed by atoms with Crippen molar-refractivity contribution in [1.82, 2.24) is 15.5 Å². The molecule has 1 heterocycles. The zero-order valence-corrected chi connectivity index (χ0v) is 19.4. The average molecular weight is 508 g/mol. The summed E-state index contributed by atoms with van der Waals surface area (Å²) in [7, 11) is 1.77. The minimum absolute atomic E-state index is 0. The number of morpholine rings is 1. The quantitative estimate of drug-likeness (QED) is 0.233. The van der Waals surface area contributed by atoms with E-state index in [9.17, 15) is 4.39 Å². The van der Waals surface area contributed by atoms with E-state index in [0.29, 0.717) is 6.54 Å². The summed E-state index contributed by atoms with van der Waals surface area (Å²) in [6, 6.07) is 6.89. The molecule has 8 heteroatoms. The number of ether oxygens (including phenoxy) is 2. The SMILES string of the molecule is CN=C(NCCCOC(C)C)NCC(c1ccc(F)cc1)N1CCOCC1.I. The van der Waals surface area contributed by atoms with E-state index in [0.717, 1.165) is 57.4 Å². The summed E-state index contributed by atoms with van der Waals surface area (Å²) in [6.45, 7) is 9.46. The standard InChI is InChI=1S/C20H33FN4O2.HI/c1-16(2)27-12-4-9-23-20(22-3)24-15-19(25-10-13-26-14-11-25)17-5-7-18(21)8-6-17;/h5-8,16,19H,4,9-15H2,1-3H3,(H2,22,23,24);1H. The fraction of sp³-hybridized carbons (Fsp3) is 0.650. The topological polar surface area (TPSA) is 58.1 Å². The molecule has 1 aromatic rings. The van der Waals surface area contributed by atoms with Crippen LogP contribution >= 0.6 is 24.0 Å². The Hall–Kier alpha value is -0.970. The molecule has 28 heavy (non-hydrogen) atoms. The zero-order valence-electron chi connectivity index (χ0n) is 17.1. The molecule has 1 aliphatic heterocycles. The van der Waals surface area contributed by atoms with Gasteiger partial charge in [0.1, 0.15) is 5.82 Å². The Balaban J connectivity index is 0.00000392. The molecule has 0 saturated carbocycles. The van der Waals surface area contributed by atoms with Crippen LogP contribution in [0.4, 0.5) is 4.39 Å². The van der Waals surface area contributed by atoms with Crippen LogP contribution in [0.2, 0.25) is 0 Å². The van der Waals surface area contributed by atoms with Crippen molar-refractivity contribution >= 4 is 29.9 Å². The van der Waals surface area contributed by atoms with Gasteiger partial charge in [0.15, 0.2) is 5.96 Å². The van der Waals surface area contributed by atoms with Gasteiger partial charge in [-0.05, 0) is 38.0 Å². The molecule has 1 unspecified atom stereocenters. The summed E-state index contributed by atoms with van der Waals surface area (Å²) in [5, 5.41) is 6.72. The minimum Gasteiger partial charge on any atom is -0.379 e. The van der Waals surface area contributed by atoms with E-state index in [4.69, 9.17) is 9.47 Å². The Morgan fingerprint density at radius 1 is 1.21 bits per heavy atom. The summed E-state index contributed by atoms with van der Waals surface area (Å²) in [6.07, 6.45) is 1.18. The first kappa shape index (κ1) is 25.1. The number of guanidine groups is 1. The number of benzene rings is 1. The van der Waals surface area contributed by atoms with Crippen LogP contribution < -0.4 is 10.6 Å². The highest BCUT2D eigenvalue weighted by Crippen LogP contribution is 2.21. The fourth-order valence-electron chi connectivity index (χ4n) is 3.04. The fourth-order valence-corrected chi connectivity index (χ4v) is 3.04. The molecule has 0 spiro atoms. The number of rotatable bonds is 9. The largest absolute Gasteiger partial charge is 0.379 e. The maximum atomic E-state index is 13.3. The van der Waals surface area contributed by atoms with Crippen LogP contribution in [0, 0.1) is 5.82 Å². The molecule has 1 saturated heterocycles. The highest BCUT2D eigenvalue weighted by atomic mass is 127. The van der Waals surface area contributed by atoms with Gasteiger partial charge in [0.2, 0.25) is 0 Å². The Labute approximate surface area is 185 Å². The summed E-state index contributed by atoms with van der Waals surface area (Å²) < 4.78 is 24.4. The lowest BCUT2D eigenvalue weighted by molar-refractivity contribution is 0.0170. The van der Waals surface area contributed by atoms with Crippen LogP contribution in [0.25, 0.3) is 0 Å². The van der Waals surface area contributed by atoms with Gasteiger partial charge >= 0.3 is 0 Å². The van der Waals surface area contributed by atoms with Crippen molar-refractivity contribution in [1.29, 1.82) is 0 Å². The van der Waals surface area contributed by atoms with Crippen LogP contribution in [0.5, 0.6) is 0 Å². The van der Waals surface area contributed by atoms with Crippen LogP contribution in [0.1, 0.15) is 31.9 Å². The van der Waals surface area contributed by atoms with Gasteiger partial charge in [0.05, 0.1) is 25.4 Å². The Morgan fingerprint density at radius 3 is 2.50 bits per heavy atom. The smallest absolute Gasteiger partial charge is 0.191 e. The minimum atomic E-state index is -0.214. The average Bonchev–Trinajstić information content (AvgIpc) is 2.68. The summed E-state index contributed by atoms with van der Waals surface area (Å²) in [5.74, 6) is 0.549. The van der Waals surface area contributed by atoms with Crippen molar-refractivity contribution < 1.29 is 13.9 Å². The monoisotopic (exact) mass is 508 g/mol. The Morgan fingerprint density at radius 2 is 1.89 bits per heavy atom. The Bertz CT molecular complexity index is 566. The second-order valence-corrected chi connectivity index (χ2v) is 6.87. The lowest BCUT2D eigenvalue weighted by Crippen LogP contribution is -2.46. The molecule has 2 rings (SSSR count). The van der Waals surface area contributed by atoms with Gasteiger partial charge in [-0.15, -0.1) is 24.0 Å². The van der Waals surface area contributed by atoms with Crippen LogP contribution in [-0.2, 0) is 9.47 Å². The van der Waals surface area contributed by atoms with E-state index in [1.54, 1.807) is 7.05 Å². The van der Waals surface area contributed by atoms with Crippen molar-refractivity contribution in [3.8, 4) is 0 Å². The molecule has 160 valence electrons. The molecule has 2 N–H and O–H groups in total. The van der Waals surface area contributed by atoms with Crippen molar-refractivity contribution in [3.63, 3.8) is 0 Å². The first-order valence-electron chi connectivity index (χ1n) is 9.73. The molecule has 1 aromatic carbocycles. The highest BCUT2D eigenvalue weighted by molar-refractivity contribution is 14.0. The predicted molar refractivity (Wildman–Crippen MR) is 122 cm³/mol. The highest BCUT2D eigenvalue weighted by Gasteiger charge is 2.23. The van der Waals surface area contributed by atoms with Crippen LogP contribution in [0.3, 0.4) is 0 Å². The first-order valence-corrected chi connectivity index (χ1v) is 9.73. The van der Waals surface area contributed by atoms with Gasteiger partial charge in [-0.25, -0.2) is 4.39 Å². The van der Waals surface area contributed by atoms with Gasteiger partial charge in [0.25, 0.3) is 0 Å². The van der Waals surface area contributed by atoms with Crippen molar-refractivity contribution in [2.24, 2.45) is 4.99 Å². The second-order valence-electron chi connectivity index (χ2n) is 6.87. The number of nitrogens with one attached hydrogen (secondary N) is 2. The predicted octanol–water partition coefficient (Wildman–Crippen LogP) is 2.80. The molecular weight excluding hydrogens is 474 g/mol. The van der Waals surface area contributed by atoms with Crippen molar-refractivity contribution in [2.45, 2.75) is 32.4 Å². The third-order valence-electron chi connectivity index (χ3n) is 4.49. The first-order chi connectivity index (χ1) is 13.1. The molecule has 0 radical (unpaired) electrons. The number of hydrogen-bond donors (Lipinski definition) is 2. The third-order valence-corrected chi connectivity index (χ3v) is 4.49. The van der Waals surface area contributed by atoms with Gasteiger partial charge < -0.3 is 20.1 Å². The normalized spacial score (nSPS) is 16.5. The molecule has 1 fully saturated rings. The molecule has 0 aromatic heterocycles. The van der Waals surface area contributed by atoms with E-state index < -0.39 is 0 Å². The van der Waals surface area contributed by atoms with Gasteiger partial charge in [-0.1, -0.05) is 12.1 Å². The summed E-state index contributed by atoms with van der Waals surface area (Å²) >= 11 is 0. The zero-order chi connectivity index (χ0) is 19.5. The molecular formula is C20H34FIN4O2. The maximum absolute atomic E-state index is 13.3. The van der Waals surface area contributed by atoms with Crippen molar-refractivity contribution in [2.75, 3.05) is 53.0 Å². The summed E-state index contributed by atoms with van der Waals surface area (Å²) in [4.78, 5) is 6.66. The third kappa shape index (κ3) is 9.02.